The van der Waals surface area contributed by atoms with Crippen molar-refractivity contribution in [3.8, 4) is 16.9 Å². The molecule has 6 rings (SSSR count). The molecule has 2 heterocycles. The number of rotatable bonds is 9. The molecule has 0 radical (unpaired) electrons. The van der Waals surface area contributed by atoms with Crippen LogP contribution in [0.25, 0.3) is 11.1 Å². The highest BCUT2D eigenvalue weighted by atomic mass is 32.2. The molecule has 10 nitrogen and oxygen atoms in total. The summed E-state index contributed by atoms with van der Waals surface area (Å²) in [6, 6.07) is 24.4. The molecular weight excluding hydrogens is 629 g/mol. The number of β-lactam (4-membered cyclic amide) rings is 1. The summed E-state index contributed by atoms with van der Waals surface area (Å²) in [4.78, 5) is 27.7. The number of nitrogens with zero attached hydrogens (tertiary/aromatic N) is 1. The van der Waals surface area contributed by atoms with E-state index in [1.807, 2.05) is 0 Å². The average molecular weight is 662 g/mol. The van der Waals surface area contributed by atoms with Gasteiger partial charge in [-0.05, 0) is 59.2 Å². The lowest BCUT2D eigenvalue weighted by molar-refractivity contribution is -0.231. The Hall–Kier alpha value is -4.30. The summed E-state index contributed by atoms with van der Waals surface area (Å²) >= 11 is 0. The number of para-hydroxylation sites is 1. The molecule has 0 aliphatic carbocycles. The molecule has 4 aromatic carbocycles. The Morgan fingerprint density at radius 3 is 2.15 bits per heavy atom. The summed E-state index contributed by atoms with van der Waals surface area (Å²) in [7, 11) is -1.96. The van der Waals surface area contributed by atoms with Crippen LogP contribution in [-0.4, -0.2) is 83.5 Å². The van der Waals surface area contributed by atoms with Crippen molar-refractivity contribution >= 4 is 28.2 Å². The number of carbonyl (C=O) groups is 2. The maximum Gasteiger partial charge on any atom is 0.245 e. The van der Waals surface area contributed by atoms with Crippen molar-refractivity contribution in [1.82, 2.24) is 0 Å². The van der Waals surface area contributed by atoms with Crippen LogP contribution in [0.3, 0.4) is 0 Å². The van der Waals surface area contributed by atoms with E-state index in [1.165, 1.54) is 23.1 Å². The van der Waals surface area contributed by atoms with Crippen molar-refractivity contribution in [3.63, 3.8) is 0 Å². The summed E-state index contributed by atoms with van der Waals surface area (Å²) in [5.74, 6) is -2.09. The van der Waals surface area contributed by atoms with Gasteiger partial charge in [0.2, 0.25) is 5.91 Å². The molecule has 1 amide bonds. The van der Waals surface area contributed by atoms with E-state index in [1.54, 1.807) is 66.7 Å². The summed E-state index contributed by atoms with van der Waals surface area (Å²) in [5.41, 5.74) is 2.82. The Bertz CT molecular complexity index is 1790. The molecule has 244 valence electrons. The molecule has 0 bridgehead atoms. The maximum atomic E-state index is 13.5. The minimum Gasteiger partial charge on any atom is -0.508 e. The van der Waals surface area contributed by atoms with Crippen LogP contribution in [0, 0.1) is 5.82 Å². The molecule has 2 aliphatic rings. The van der Waals surface area contributed by atoms with Crippen molar-refractivity contribution in [1.29, 1.82) is 0 Å². The number of amides is 1. The van der Waals surface area contributed by atoms with E-state index in [-0.39, 0.29) is 11.3 Å². The largest absolute Gasteiger partial charge is 0.508 e. The van der Waals surface area contributed by atoms with Crippen LogP contribution in [-0.2, 0) is 20.3 Å². The highest BCUT2D eigenvalue weighted by Gasteiger charge is 2.53. The van der Waals surface area contributed by atoms with Crippen LogP contribution in [0.15, 0.2) is 97.1 Å². The number of benzene rings is 4. The van der Waals surface area contributed by atoms with Gasteiger partial charge in [0.15, 0.2) is 5.78 Å². The first-order chi connectivity index (χ1) is 22.6. The maximum absolute atomic E-state index is 13.5. The smallest absolute Gasteiger partial charge is 0.245 e. The molecule has 2 saturated heterocycles. The number of phenolic OH excluding ortho intramolecular Hbond substituents is 1. The van der Waals surface area contributed by atoms with Gasteiger partial charge < -0.3 is 35.2 Å². The molecule has 0 aromatic heterocycles. The zero-order valence-corrected chi connectivity index (χ0v) is 25.6. The minimum absolute atomic E-state index is 0.161. The molecule has 0 saturated carbocycles. The van der Waals surface area contributed by atoms with E-state index in [9.17, 15) is 43.7 Å². The highest BCUT2D eigenvalue weighted by Crippen LogP contribution is 2.45. The topological polar surface area (TPSA) is 165 Å². The molecule has 0 spiro atoms. The second-order valence-corrected chi connectivity index (χ2v) is 13.1. The molecule has 2 unspecified atom stereocenters. The number of carbonyl (C=O) groups excluding carboxylic acids is 2. The normalized spacial score (nSPS) is 26.4. The zero-order valence-electron chi connectivity index (χ0n) is 24.8. The van der Waals surface area contributed by atoms with E-state index in [4.69, 9.17) is 4.74 Å². The molecule has 12 heteroatoms. The third-order valence-corrected chi connectivity index (χ3v) is 10.2. The Kier molecular flexibility index (Phi) is 9.33. The molecule has 2 fully saturated rings. The fourth-order valence-corrected chi connectivity index (χ4v) is 7.55. The Balaban J connectivity index is 1.26. The standard InChI is InChI=1S/C35H32FNO9S/c36-23-13-10-20(11-14-23)27(40)18-47(45)34-29(37(35(34)44)24-4-2-1-3-5-24)25-15-12-22(16-26(25)39)19-6-8-21(9-7-19)33-32(43)31(42)30(41)28(17-38)46-33/h1-16,28-34,38-39,41-43H,17-18H2/t28-,29-,30-,31+,32-,33?,34-,47?/m1/s1. The number of aliphatic hydroxyl groups excluding tert-OH is 4. The number of hydrogen-bond donors (Lipinski definition) is 5. The number of ether oxygens (including phenoxy) is 1. The van der Waals surface area contributed by atoms with Gasteiger partial charge in [-0.1, -0.05) is 54.6 Å². The Morgan fingerprint density at radius 1 is 0.851 bits per heavy atom. The van der Waals surface area contributed by atoms with Gasteiger partial charge in [0.25, 0.3) is 0 Å². The molecule has 2 aliphatic heterocycles. The van der Waals surface area contributed by atoms with Crippen molar-refractivity contribution in [3.05, 3.63) is 120 Å². The number of aromatic hydroxyl groups is 1. The highest BCUT2D eigenvalue weighted by molar-refractivity contribution is 7.87. The number of aliphatic hydroxyl groups is 4. The molecule has 4 aromatic rings. The first kappa shape index (κ1) is 32.6. The van der Waals surface area contributed by atoms with Gasteiger partial charge in [-0.3, -0.25) is 13.8 Å². The minimum atomic E-state index is -1.96. The van der Waals surface area contributed by atoms with Crippen LogP contribution in [0.2, 0.25) is 0 Å². The summed E-state index contributed by atoms with van der Waals surface area (Å²) in [6.45, 7) is -0.543. The van der Waals surface area contributed by atoms with Crippen LogP contribution in [0.4, 0.5) is 10.1 Å². The number of phenols is 1. The summed E-state index contributed by atoms with van der Waals surface area (Å²) in [6.07, 6.45) is -6.45. The van der Waals surface area contributed by atoms with Crippen molar-refractivity contribution in [2.45, 2.75) is 41.8 Å². The van der Waals surface area contributed by atoms with Crippen molar-refractivity contribution < 1.29 is 48.5 Å². The monoisotopic (exact) mass is 661 g/mol. The number of hydrogen-bond acceptors (Lipinski definition) is 9. The Morgan fingerprint density at radius 2 is 1.51 bits per heavy atom. The van der Waals surface area contributed by atoms with Crippen LogP contribution >= 0.6 is 0 Å². The van der Waals surface area contributed by atoms with E-state index in [2.05, 4.69) is 0 Å². The van der Waals surface area contributed by atoms with Gasteiger partial charge in [0.1, 0.15) is 47.3 Å². The quantitative estimate of drug-likeness (QED) is 0.134. The van der Waals surface area contributed by atoms with Gasteiger partial charge in [0.05, 0.1) is 18.4 Å². The third kappa shape index (κ3) is 6.23. The predicted molar refractivity (Wildman–Crippen MR) is 170 cm³/mol. The van der Waals surface area contributed by atoms with E-state index in [0.29, 0.717) is 27.9 Å². The van der Waals surface area contributed by atoms with Crippen LogP contribution < -0.4 is 4.90 Å². The number of ketones is 1. The second kappa shape index (κ2) is 13.4. The van der Waals surface area contributed by atoms with E-state index in [0.717, 1.165) is 12.1 Å². The van der Waals surface area contributed by atoms with Crippen LogP contribution in [0.5, 0.6) is 5.75 Å². The predicted octanol–water partition coefficient (Wildman–Crippen LogP) is 2.80. The zero-order chi connectivity index (χ0) is 33.4. The summed E-state index contributed by atoms with van der Waals surface area (Å²) in [5, 5.41) is 50.4. The average Bonchev–Trinajstić information content (AvgIpc) is 3.07. The summed E-state index contributed by atoms with van der Waals surface area (Å²) < 4.78 is 32.5. The van der Waals surface area contributed by atoms with Gasteiger partial charge in [0, 0.05) is 27.6 Å². The lowest BCUT2D eigenvalue weighted by atomic mass is 9.89. The van der Waals surface area contributed by atoms with Gasteiger partial charge >= 0.3 is 0 Å². The second-order valence-electron chi connectivity index (χ2n) is 11.5. The number of halogens is 1. The number of Topliss-reactive ketones (excluding diaryl/α,β-unsaturated/α-hetero) is 1. The lowest BCUT2D eigenvalue weighted by Crippen LogP contribution is -2.61. The Labute approximate surface area is 271 Å². The van der Waals surface area contributed by atoms with E-state index < -0.39 is 82.5 Å². The molecule has 5 N–H and O–H groups in total. The first-order valence-corrected chi connectivity index (χ1v) is 16.2. The van der Waals surface area contributed by atoms with Crippen molar-refractivity contribution in [2.75, 3.05) is 17.3 Å². The molecule has 47 heavy (non-hydrogen) atoms. The number of anilines is 1. The fourth-order valence-electron chi connectivity index (χ4n) is 6.05. The molecular formula is C35H32FNO9S. The van der Waals surface area contributed by atoms with Gasteiger partial charge in [-0.25, -0.2) is 4.39 Å². The lowest BCUT2D eigenvalue weighted by Gasteiger charge is -2.46. The van der Waals surface area contributed by atoms with E-state index >= 15 is 0 Å². The van der Waals surface area contributed by atoms with Gasteiger partial charge in [-0.15, -0.1) is 0 Å². The van der Waals surface area contributed by atoms with Gasteiger partial charge in [-0.2, -0.15) is 0 Å². The first-order valence-electron chi connectivity index (χ1n) is 14.9. The third-order valence-electron chi connectivity index (χ3n) is 8.62. The van der Waals surface area contributed by atoms with Crippen molar-refractivity contribution in [2.24, 2.45) is 0 Å². The fraction of sp³-hybridized carbons (Fsp3) is 0.257. The SMILES string of the molecule is O=C(CS(=O)[C@H]1C(=O)N(c2ccccc2)[C@@H]1c1ccc(-c2ccc(C3O[C@H](CO)[C@@H](O)[C@H](O)[C@H]3O)cc2)cc1O)c1ccc(F)cc1. The van der Waals surface area contributed by atoms with Crippen LogP contribution in [0.1, 0.15) is 33.6 Å². The molecule has 8 atom stereocenters.